The second-order valence-corrected chi connectivity index (χ2v) is 9.64. The van der Waals surface area contributed by atoms with Crippen LogP contribution >= 0.6 is 0 Å². The summed E-state index contributed by atoms with van der Waals surface area (Å²) in [6, 6.07) is 6.34. The zero-order valence-electron chi connectivity index (χ0n) is 19.3. The van der Waals surface area contributed by atoms with Gasteiger partial charge in [-0.3, -0.25) is 4.79 Å². The Morgan fingerprint density at radius 1 is 1.29 bits per heavy atom. The molecular weight excluding hydrogens is 394 g/mol. The Bertz CT molecular complexity index is 754. The van der Waals surface area contributed by atoms with E-state index in [0.29, 0.717) is 19.0 Å². The topological polar surface area (TPSA) is 79.9 Å². The first-order valence-corrected chi connectivity index (χ1v) is 11.4. The quantitative estimate of drug-likeness (QED) is 0.649. The Balaban J connectivity index is 1.49. The van der Waals surface area contributed by atoms with Crippen molar-refractivity contribution in [1.29, 1.82) is 0 Å². The molecule has 7 nitrogen and oxygen atoms in total. The molecule has 7 heteroatoms. The molecule has 2 heterocycles. The van der Waals surface area contributed by atoms with Gasteiger partial charge in [-0.05, 0) is 82.7 Å². The highest BCUT2D eigenvalue weighted by atomic mass is 16.6. The maximum atomic E-state index is 11.8. The Morgan fingerprint density at radius 3 is 2.71 bits per heavy atom. The standard InChI is InChI=1S/C24H37N3O4/c1-17-6-5-7-19-20(17)14-21(30-22(19)15-25-16-28)18-8-11-27(12-9-18)13-10-26-23(29)31-24(2,3)4/h5-7,16,18,21-22H,8-15H2,1-4H3,(H,25,28)(H,26,29)/t21-,22-/m0/s1. The summed E-state index contributed by atoms with van der Waals surface area (Å²) in [6.07, 6.45) is 3.56. The molecule has 0 spiro atoms. The second-order valence-electron chi connectivity index (χ2n) is 9.64. The molecule has 2 amide bonds. The van der Waals surface area contributed by atoms with Gasteiger partial charge < -0.3 is 25.0 Å². The van der Waals surface area contributed by atoms with Crippen LogP contribution in [0.5, 0.6) is 0 Å². The van der Waals surface area contributed by atoms with Crippen LogP contribution in [0.15, 0.2) is 18.2 Å². The summed E-state index contributed by atoms with van der Waals surface area (Å²) in [4.78, 5) is 25.0. The van der Waals surface area contributed by atoms with E-state index in [1.165, 1.54) is 16.7 Å². The molecule has 3 rings (SSSR count). The number of hydrogen-bond donors (Lipinski definition) is 2. The van der Waals surface area contributed by atoms with Crippen LogP contribution in [-0.2, 0) is 20.7 Å². The Hall–Kier alpha value is -2.12. The fourth-order valence-corrected chi connectivity index (χ4v) is 4.61. The first-order chi connectivity index (χ1) is 14.8. The molecule has 2 N–H and O–H groups in total. The molecule has 2 aliphatic rings. The molecule has 0 unspecified atom stereocenters. The van der Waals surface area contributed by atoms with Gasteiger partial charge in [0.2, 0.25) is 6.41 Å². The number of benzene rings is 1. The molecule has 2 aliphatic heterocycles. The molecular formula is C24H37N3O4. The van der Waals surface area contributed by atoms with Gasteiger partial charge in [0.05, 0.1) is 6.10 Å². The number of piperidine rings is 1. The summed E-state index contributed by atoms with van der Waals surface area (Å²) < 4.78 is 11.8. The number of carbonyl (C=O) groups is 2. The number of nitrogens with zero attached hydrogens (tertiary/aromatic N) is 1. The van der Waals surface area contributed by atoms with E-state index in [0.717, 1.165) is 45.3 Å². The van der Waals surface area contributed by atoms with Gasteiger partial charge in [0.25, 0.3) is 0 Å². The zero-order valence-corrected chi connectivity index (χ0v) is 19.3. The van der Waals surface area contributed by atoms with Gasteiger partial charge in [-0.25, -0.2) is 4.79 Å². The van der Waals surface area contributed by atoms with Crippen molar-refractivity contribution in [1.82, 2.24) is 15.5 Å². The fraction of sp³-hybridized carbons (Fsp3) is 0.667. The molecule has 0 radical (unpaired) electrons. The molecule has 1 fully saturated rings. The van der Waals surface area contributed by atoms with E-state index in [4.69, 9.17) is 9.47 Å². The maximum Gasteiger partial charge on any atom is 0.407 e. The van der Waals surface area contributed by atoms with Crippen LogP contribution < -0.4 is 10.6 Å². The van der Waals surface area contributed by atoms with Crippen LogP contribution in [0.2, 0.25) is 0 Å². The average molecular weight is 432 g/mol. The summed E-state index contributed by atoms with van der Waals surface area (Å²) in [6.45, 7) is 11.7. The molecule has 1 aromatic carbocycles. The highest BCUT2D eigenvalue weighted by Crippen LogP contribution is 2.37. The first-order valence-electron chi connectivity index (χ1n) is 11.4. The number of likely N-dealkylation sites (tertiary alicyclic amines) is 1. The Labute approximate surface area is 185 Å². The monoisotopic (exact) mass is 431 g/mol. The van der Waals surface area contributed by atoms with Crippen molar-refractivity contribution in [3.05, 3.63) is 34.9 Å². The van der Waals surface area contributed by atoms with E-state index in [1.54, 1.807) is 0 Å². The van der Waals surface area contributed by atoms with Crippen LogP contribution in [0.1, 0.15) is 56.4 Å². The third-order valence-electron chi connectivity index (χ3n) is 6.18. The lowest BCUT2D eigenvalue weighted by Gasteiger charge is -2.41. The van der Waals surface area contributed by atoms with E-state index in [9.17, 15) is 9.59 Å². The summed E-state index contributed by atoms with van der Waals surface area (Å²) in [5, 5.41) is 5.64. The van der Waals surface area contributed by atoms with Gasteiger partial charge >= 0.3 is 6.09 Å². The predicted molar refractivity (Wildman–Crippen MR) is 120 cm³/mol. The van der Waals surface area contributed by atoms with Crippen molar-refractivity contribution < 1.29 is 19.1 Å². The summed E-state index contributed by atoms with van der Waals surface area (Å²) >= 11 is 0. The van der Waals surface area contributed by atoms with E-state index in [1.807, 2.05) is 20.8 Å². The van der Waals surface area contributed by atoms with Crippen LogP contribution in [0.4, 0.5) is 4.79 Å². The molecule has 1 saturated heterocycles. The number of aryl methyl sites for hydroxylation is 1. The van der Waals surface area contributed by atoms with Crippen LogP contribution in [-0.4, -0.2) is 61.8 Å². The summed E-state index contributed by atoms with van der Waals surface area (Å²) in [5.74, 6) is 0.501. The Kier molecular flexibility index (Phi) is 7.94. The molecule has 0 aliphatic carbocycles. The smallest absolute Gasteiger partial charge is 0.407 e. The lowest BCUT2D eigenvalue weighted by atomic mass is 9.82. The van der Waals surface area contributed by atoms with Crippen molar-refractivity contribution in [2.24, 2.45) is 5.92 Å². The minimum absolute atomic E-state index is 0.0880. The number of rotatable bonds is 7. The number of hydrogen-bond acceptors (Lipinski definition) is 5. The lowest BCUT2D eigenvalue weighted by Crippen LogP contribution is -2.44. The fourth-order valence-electron chi connectivity index (χ4n) is 4.61. The van der Waals surface area contributed by atoms with Crippen molar-refractivity contribution in [3.8, 4) is 0 Å². The molecule has 0 aromatic heterocycles. The van der Waals surface area contributed by atoms with Crippen molar-refractivity contribution >= 4 is 12.5 Å². The summed E-state index contributed by atoms with van der Waals surface area (Å²) in [7, 11) is 0. The minimum Gasteiger partial charge on any atom is -0.444 e. The van der Waals surface area contributed by atoms with E-state index in [2.05, 4.69) is 40.7 Å². The third kappa shape index (κ3) is 6.68. The van der Waals surface area contributed by atoms with Crippen LogP contribution in [0, 0.1) is 12.8 Å². The van der Waals surface area contributed by atoms with Gasteiger partial charge in [-0.15, -0.1) is 0 Å². The average Bonchev–Trinajstić information content (AvgIpc) is 2.71. The van der Waals surface area contributed by atoms with Gasteiger partial charge in [-0.1, -0.05) is 18.2 Å². The number of nitrogens with one attached hydrogen (secondary N) is 2. The molecule has 2 atom stereocenters. The number of amides is 2. The minimum atomic E-state index is -0.474. The van der Waals surface area contributed by atoms with Crippen molar-refractivity contribution in [3.63, 3.8) is 0 Å². The van der Waals surface area contributed by atoms with Gasteiger partial charge in [0.1, 0.15) is 11.7 Å². The first kappa shape index (κ1) is 23.5. The predicted octanol–water partition coefficient (Wildman–Crippen LogP) is 2.96. The third-order valence-corrected chi connectivity index (χ3v) is 6.18. The highest BCUT2D eigenvalue weighted by molar-refractivity contribution is 5.67. The normalized spacial score (nSPS) is 22.5. The zero-order chi connectivity index (χ0) is 22.4. The molecule has 0 bridgehead atoms. The second kappa shape index (κ2) is 10.5. The highest BCUT2D eigenvalue weighted by Gasteiger charge is 2.34. The number of fused-ring (bicyclic) bond motifs is 1. The van der Waals surface area contributed by atoms with Gasteiger partial charge in [-0.2, -0.15) is 0 Å². The van der Waals surface area contributed by atoms with Crippen LogP contribution in [0.25, 0.3) is 0 Å². The molecule has 0 saturated carbocycles. The van der Waals surface area contributed by atoms with Crippen LogP contribution in [0.3, 0.4) is 0 Å². The number of ether oxygens (including phenoxy) is 2. The van der Waals surface area contributed by atoms with Crippen molar-refractivity contribution in [2.45, 2.75) is 64.8 Å². The van der Waals surface area contributed by atoms with E-state index >= 15 is 0 Å². The van der Waals surface area contributed by atoms with Gasteiger partial charge in [0.15, 0.2) is 0 Å². The van der Waals surface area contributed by atoms with Crippen molar-refractivity contribution in [2.75, 3.05) is 32.7 Å². The van der Waals surface area contributed by atoms with Gasteiger partial charge in [0, 0.05) is 19.6 Å². The molecule has 31 heavy (non-hydrogen) atoms. The lowest BCUT2D eigenvalue weighted by molar-refractivity contribution is -0.111. The SMILES string of the molecule is Cc1cccc2c1C[C@@H](C1CCN(CCNC(=O)OC(C)(C)C)CC1)O[C@H]2CNC=O. The maximum absolute atomic E-state index is 11.8. The number of carbonyl (C=O) groups excluding carboxylic acids is 2. The van der Waals surface area contributed by atoms with E-state index < -0.39 is 5.60 Å². The Morgan fingerprint density at radius 2 is 2.03 bits per heavy atom. The molecule has 1 aromatic rings. The largest absolute Gasteiger partial charge is 0.444 e. The number of alkyl carbamates (subject to hydrolysis) is 1. The molecule has 172 valence electrons. The van der Waals surface area contributed by atoms with E-state index in [-0.39, 0.29) is 18.3 Å². The summed E-state index contributed by atoms with van der Waals surface area (Å²) in [5.41, 5.74) is 3.41.